The van der Waals surface area contributed by atoms with Crippen LogP contribution >= 0.6 is 0 Å². The smallest absolute Gasteiger partial charge is 0.261 e. The zero-order valence-electron chi connectivity index (χ0n) is 12.7. The molecule has 0 spiro atoms. The third kappa shape index (κ3) is 2.19. The summed E-state index contributed by atoms with van der Waals surface area (Å²) >= 11 is 0. The predicted molar refractivity (Wildman–Crippen MR) is 83.6 cm³/mol. The number of amides is 4. The van der Waals surface area contributed by atoms with Gasteiger partial charge < -0.3 is 0 Å². The minimum absolute atomic E-state index is 0.225. The van der Waals surface area contributed by atoms with Gasteiger partial charge in [0.25, 0.3) is 23.6 Å². The Morgan fingerprint density at radius 2 is 1.35 bits per heavy atom. The average molecular weight is 310 g/mol. The van der Waals surface area contributed by atoms with Crippen molar-refractivity contribution in [1.29, 1.82) is 0 Å². The van der Waals surface area contributed by atoms with Crippen LogP contribution in [0.3, 0.4) is 0 Å². The second-order valence-electron chi connectivity index (χ2n) is 5.30. The molecule has 0 bridgehead atoms. The van der Waals surface area contributed by atoms with E-state index in [9.17, 15) is 19.2 Å². The fourth-order valence-electron chi connectivity index (χ4n) is 2.66. The summed E-state index contributed by atoms with van der Waals surface area (Å²) in [6.45, 7) is 3.33. The quantitative estimate of drug-likeness (QED) is 0.797. The molecule has 0 saturated heterocycles. The predicted octanol–water partition coefficient (Wildman–Crippen LogP) is 1.72. The Morgan fingerprint density at radius 3 is 1.78 bits per heavy atom. The van der Waals surface area contributed by atoms with Gasteiger partial charge in [0.2, 0.25) is 0 Å². The number of hydrogen-bond acceptors (Lipinski definition) is 4. The van der Waals surface area contributed by atoms with Crippen LogP contribution in [0.1, 0.15) is 20.3 Å². The number of imide groups is 2. The molecule has 0 unspecified atom stereocenters. The summed E-state index contributed by atoms with van der Waals surface area (Å²) in [7, 11) is 0. The van der Waals surface area contributed by atoms with E-state index in [0.717, 1.165) is 9.80 Å². The fraction of sp³-hybridized carbons (Fsp3) is 0.176. The molecule has 3 rings (SSSR count). The van der Waals surface area contributed by atoms with E-state index in [0.29, 0.717) is 17.6 Å². The summed E-state index contributed by atoms with van der Waals surface area (Å²) in [6, 6.07) is 6.38. The molecule has 0 fully saturated rings. The monoisotopic (exact) mass is 310 g/mol. The van der Waals surface area contributed by atoms with Crippen LogP contribution in [0.25, 0.3) is 0 Å². The van der Waals surface area contributed by atoms with E-state index in [1.54, 1.807) is 38.1 Å². The maximum atomic E-state index is 12.4. The van der Waals surface area contributed by atoms with Gasteiger partial charge in [0.05, 0.1) is 11.4 Å². The summed E-state index contributed by atoms with van der Waals surface area (Å²) < 4.78 is 0. The van der Waals surface area contributed by atoms with E-state index < -0.39 is 23.6 Å². The van der Waals surface area contributed by atoms with Crippen molar-refractivity contribution < 1.29 is 19.2 Å². The van der Waals surface area contributed by atoms with E-state index in [-0.39, 0.29) is 11.4 Å². The van der Waals surface area contributed by atoms with E-state index in [1.807, 2.05) is 0 Å². The number of para-hydroxylation sites is 2. The Kier molecular flexibility index (Phi) is 3.44. The van der Waals surface area contributed by atoms with Gasteiger partial charge in [-0.3, -0.25) is 19.2 Å². The van der Waals surface area contributed by atoms with Crippen molar-refractivity contribution in [3.63, 3.8) is 0 Å². The third-order valence-electron chi connectivity index (χ3n) is 3.84. The van der Waals surface area contributed by atoms with Crippen molar-refractivity contribution in [1.82, 2.24) is 0 Å². The van der Waals surface area contributed by atoms with Gasteiger partial charge in [-0.2, -0.15) is 0 Å². The third-order valence-corrected chi connectivity index (χ3v) is 3.84. The van der Waals surface area contributed by atoms with Gasteiger partial charge in [0, 0.05) is 23.3 Å². The lowest BCUT2D eigenvalue weighted by atomic mass is 10.2. The highest BCUT2D eigenvalue weighted by molar-refractivity contribution is 6.35. The highest BCUT2D eigenvalue weighted by Gasteiger charge is 2.37. The van der Waals surface area contributed by atoms with Crippen LogP contribution < -0.4 is 9.80 Å². The second kappa shape index (κ2) is 5.31. The first-order chi connectivity index (χ1) is 11.0. The molecule has 6 heteroatoms. The molecule has 1 aromatic carbocycles. The molecule has 1 aromatic rings. The lowest BCUT2D eigenvalue weighted by molar-refractivity contribution is -0.122. The van der Waals surface area contributed by atoms with Gasteiger partial charge >= 0.3 is 0 Å². The van der Waals surface area contributed by atoms with Crippen LogP contribution in [0.15, 0.2) is 47.6 Å². The number of hydrogen-bond donors (Lipinski definition) is 0. The Bertz CT molecular complexity index is 820. The highest BCUT2D eigenvalue weighted by Crippen LogP contribution is 2.35. The van der Waals surface area contributed by atoms with E-state index in [1.165, 1.54) is 12.2 Å². The summed E-state index contributed by atoms with van der Waals surface area (Å²) in [5.74, 6) is -1.83. The van der Waals surface area contributed by atoms with E-state index >= 15 is 0 Å². The van der Waals surface area contributed by atoms with Crippen LogP contribution in [0.5, 0.6) is 0 Å². The molecule has 0 atom stereocenters. The Balaban J connectivity index is 2.07. The molecule has 0 N–H and O–H groups in total. The van der Waals surface area contributed by atoms with Gasteiger partial charge in [0.15, 0.2) is 0 Å². The SMILES string of the molecule is CCC1=CC(=O)N(c2ccccc2N2C(=O)C=C(C)C2=O)C1=O. The van der Waals surface area contributed by atoms with Crippen molar-refractivity contribution in [3.8, 4) is 0 Å². The van der Waals surface area contributed by atoms with Gasteiger partial charge in [0.1, 0.15) is 0 Å². The molecule has 23 heavy (non-hydrogen) atoms. The van der Waals surface area contributed by atoms with E-state index in [2.05, 4.69) is 0 Å². The van der Waals surface area contributed by atoms with Crippen LogP contribution in [0.2, 0.25) is 0 Å². The van der Waals surface area contributed by atoms with Crippen LogP contribution in [-0.2, 0) is 19.2 Å². The van der Waals surface area contributed by atoms with Crippen LogP contribution in [-0.4, -0.2) is 23.6 Å². The summed E-state index contributed by atoms with van der Waals surface area (Å²) in [4.78, 5) is 50.8. The topological polar surface area (TPSA) is 74.8 Å². The first kappa shape index (κ1) is 14.9. The van der Waals surface area contributed by atoms with Crippen molar-refractivity contribution in [2.45, 2.75) is 20.3 Å². The maximum Gasteiger partial charge on any atom is 0.261 e. The minimum Gasteiger partial charge on any atom is -0.269 e. The molecule has 0 radical (unpaired) electrons. The first-order valence-corrected chi connectivity index (χ1v) is 7.20. The second-order valence-corrected chi connectivity index (χ2v) is 5.30. The molecule has 0 aliphatic carbocycles. The number of carbonyl (C=O) groups excluding carboxylic acids is 4. The zero-order valence-corrected chi connectivity index (χ0v) is 12.7. The number of anilines is 2. The zero-order chi connectivity index (χ0) is 16.7. The summed E-state index contributed by atoms with van der Waals surface area (Å²) in [5.41, 5.74) is 1.17. The van der Waals surface area contributed by atoms with Crippen molar-refractivity contribution in [3.05, 3.63) is 47.6 Å². The average Bonchev–Trinajstić information content (AvgIpc) is 2.95. The van der Waals surface area contributed by atoms with Crippen LogP contribution in [0, 0.1) is 0 Å². The summed E-state index contributed by atoms with van der Waals surface area (Å²) in [5, 5.41) is 0. The molecule has 2 heterocycles. The molecule has 116 valence electrons. The van der Waals surface area contributed by atoms with Gasteiger partial charge in [-0.25, -0.2) is 9.80 Å². The number of benzene rings is 1. The molecular weight excluding hydrogens is 296 g/mol. The lowest BCUT2D eigenvalue weighted by Crippen LogP contribution is -2.36. The fourth-order valence-corrected chi connectivity index (χ4v) is 2.66. The van der Waals surface area contributed by atoms with E-state index in [4.69, 9.17) is 0 Å². The number of nitrogens with zero attached hydrogens (tertiary/aromatic N) is 2. The highest BCUT2D eigenvalue weighted by atomic mass is 16.2. The minimum atomic E-state index is -0.484. The maximum absolute atomic E-state index is 12.4. The molecular formula is C17H14N2O4. The molecule has 2 aliphatic heterocycles. The number of carbonyl (C=O) groups is 4. The van der Waals surface area contributed by atoms with Crippen molar-refractivity contribution in [2.75, 3.05) is 9.80 Å². The Labute approximate surface area is 132 Å². The largest absolute Gasteiger partial charge is 0.269 e. The van der Waals surface area contributed by atoms with Crippen molar-refractivity contribution >= 4 is 35.0 Å². The van der Waals surface area contributed by atoms with Crippen molar-refractivity contribution in [2.24, 2.45) is 0 Å². The van der Waals surface area contributed by atoms with Crippen LogP contribution in [0.4, 0.5) is 11.4 Å². The Morgan fingerprint density at radius 1 is 0.826 bits per heavy atom. The molecule has 0 saturated carbocycles. The van der Waals surface area contributed by atoms with Gasteiger partial charge in [-0.1, -0.05) is 19.1 Å². The normalized spacial score (nSPS) is 18.0. The standard InChI is InChI=1S/C17H14N2O4/c1-3-11-9-15(21)19(17(11)23)13-7-5-4-6-12(13)18-14(20)8-10(2)16(18)22/h4-9H,3H2,1-2H3. The van der Waals surface area contributed by atoms with Gasteiger partial charge in [-0.15, -0.1) is 0 Å². The first-order valence-electron chi connectivity index (χ1n) is 7.20. The molecule has 6 nitrogen and oxygen atoms in total. The lowest BCUT2D eigenvalue weighted by Gasteiger charge is -2.23. The molecule has 2 aliphatic rings. The number of rotatable bonds is 3. The molecule has 0 aromatic heterocycles. The van der Waals surface area contributed by atoms with Gasteiger partial charge in [-0.05, 0) is 25.5 Å². The summed E-state index contributed by atoms with van der Waals surface area (Å²) in [6.07, 6.45) is 2.96. The Hall–Kier alpha value is -3.02. The molecule has 4 amide bonds.